The molecule has 0 radical (unpaired) electrons. The van der Waals surface area contributed by atoms with Gasteiger partial charge in [0.15, 0.2) is 11.6 Å². The number of nitrogens with one attached hydrogen (secondary N) is 2. The van der Waals surface area contributed by atoms with Gasteiger partial charge in [-0.2, -0.15) is 0 Å². The molecule has 13 heteroatoms. The summed E-state index contributed by atoms with van der Waals surface area (Å²) in [5, 5.41) is 61.9. The van der Waals surface area contributed by atoms with E-state index in [-0.39, 0.29) is 40.6 Å². The van der Waals surface area contributed by atoms with Crippen molar-refractivity contribution in [3.05, 3.63) is 76.4 Å². The molecule has 230 valence electrons. The van der Waals surface area contributed by atoms with Crippen LogP contribution < -0.4 is 15.4 Å². The van der Waals surface area contributed by atoms with Crippen LogP contribution in [0.1, 0.15) is 40.5 Å². The second kappa shape index (κ2) is 11.6. The summed E-state index contributed by atoms with van der Waals surface area (Å²) < 4.78 is 11.8. The van der Waals surface area contributed by atoms with Gasteiger partial charge >= 0.3 is 0 Å². The molecule has 6 rings (SSSR count). The summed E-state index contributed by atoms with van der Waals surface area (Å²) in [5.41, 5.74) is -2.17. The fourth-order valence-corrected chi connectivity index (χ4v) is 8.68. The second-order valence-corrected chi connectivity index (χ2v) is 13.9. The zero-order chi connectivity index (χ0) is 30.5. The van der Waals surface area contributed by atoms with E-state index < -0.39 is 53.9 Å². The zero-order valence-corrected chi connectivity index (χ0v) is 25.0. The molecule has 2 aliphatic carbocycles. The van der Waals surface area contributed by atoms with Gasteiger partial charge in [-0.15, -0.1) is 0 Å². The van der Waals surface area contributed by atoms with Crippen molar-refractivity contribution < 1.29 is 44.6 Å². The van der Waals surface area contributed by atoms with Crippen LogP contribution in [0.5, 0.6) is 5.75 Å². The summed E-state index contributed by atoms with van der Waals surface area (Å²) in [6.07, 6.45) is 0.865. The molecule has 7 unspecified atom stereocenters. The normalized spacial score (nSPS) is 36.2. The molecule has 5 aliphatic rings. The van der Waals surface area contributed by atoms with Crippen LogP contribution in [0.4, 0.5) is 0 Å². The van der Waals surface area contributed by atoms with Crippen molar-refractivity contribution in [3.63, 3.8) is 0 Å². The first-order valence-electron chi connectivity index (χ1n) is 14.1. The fraction of sp³-hybridized carbons (Fsp3) is 0.467. The van der Waals surface area contributed by atoms with Gasteiger partial charge in [0.05, 0.1) is 29.8 Å². The topological polar surface area (TPSA) is 178 Å². The molecule has 1 fully saturated rings. The zero-order valence-electron chi connectivity index (χ0n) is 23.4. The first-order valence-corrected chi connectivity index (χ1v) is 16.5. The number of fused-ring (bicyclic) bond motifs is 3. The lowest BCUT2D eigenvalue weighted by molar-refractivity contribution is -0.315. The highest BCUT2D eigenvalue weighted by Crippen LogP contribution is 2.53. The number of benzene rings is 1. The largest absolute Gasteiger partial charge is 0.511 e. The first-order chi connectivity index (χ1) is 20.6. The number of aliphatic hydroxyl groups excluding tert-OH is 4. The third kappa shape index (κ3) is 5.00. The van der Waals surface area contributed by atoms with Crippen LogP contribution in [0.25, 0.3) is 0 Å². The van der Waals surface area contributed by atoms with Crippen molar-refractivity contribution in [1.82, 2.24) is 10.6 Å². The van der Waals surface area contributed by atoms with Crippen LogP contribution >= 0.6 is 21.6 Å². The SMILES string of the molecule is CC1=CC2C(=O)c3cccc4c3C(=O)C2(CSSCNC2=CC(=CCN2)CCC2(O)C(O)C(CO)OC(O4)C2O)C(O)=C1. The van der Waals surface area contributed by atoms with E-state index in [1.54, 1.807) is 13.0 Å². The van der Waals surface area contributed by atoms with Gasteiger partial charge in [-0.25, -0.2) is 0 Å². The van der Waals surface area contributed by atoms with E-state index in [1.807, 2.05) is 12.2 Å². The van der Waals surface area contributed by atoms with E-state index in [1.165, 1.54) is 45.9 Å². The van der Waals surface area contributed by atoms with Gasteiger partial charge in [-0.3, -0.25) is 9.59 Å². The van der Waals surface area contributed by atoms with Crippen LogP contribution in [-0.2, 0) is 4.74 Å². The van der Waals surface area contributed by atoms with Crippen molar-refractivity contribution in [2.75, 3.05) is 24.8 Å². The third-order valence-corrected chi connectivity index (χ3v) is 11.1. The number of ether oxygens (including phenoxy) is 2. The molecule has 1 aromatic carbocycles. The number of carbonyl (C=O) groups is 2. The van der Waals surface area contributed by atoms with E-state index in [0.717, 1.165) is 11.4 Å². The minimum absolute atomic E-state index is 0.0680. The highest BCUT2D eigenvalue weighted by Gasteiger charge is 2.59. The molecule has 3 heterocycles. The molecule has 0 amide bonds. The third-order valence-electron chi connectivity index (χ3n) is 8.85. The Hall–Kier alpha value is -2.78. The second-order valence-electron chi connectivity index (χ2n) is 11.4. The van der Waals surface area contributed by atoms with Gasteiger partial charge in [0, 0.05) is 17.9 Å². The number of hydrogen-bond acceptors (Lipinski definition) is 13. The number of carbonyl (C=O) groups excluding carboxylic acids is 2. The number of dihydropyridines is 1. The Kier molecular flexibility index (Phi) is 8.18. The lowest BCUT2D eigenvalue weighted by Gasteiger charge is -2.48. The number of rotatable bonds is 1. The number of ketones is 2. The predicted molar refractivity (Wildman–Crippen MR) is 160 cm³/mol. The maximum Gasteiger partial charge on any atom is 0.229 e. The van der Waals surface area contributed by atoms with Gasteiger partial charge in [0.2, 0.25) is 6.29 Å². The van der Waals surface area contributed by atoms with Crippen LogP contribution in [0.2, 0.25) is 0 Å². The first kappa shape index (κ1) is 30.3. The van der Waals surface area contributed by atoms with Gasteiger partial charge in [0.1, 0.15) is 40.8 Å². The van der Waals surface area contributed by atoms with Crippen molar-refractivity contribution in [2.45, 2.75) is 50.0 Å². The van der Waals surface area contributed by atoms with Gasteiger partial charge in [0.25, 0.3) is 0 Å². The molecule has 0 aromatic heterocycles. The molecule has 1 spiro atoms. The smallest absolute Gasteiger partial charge is 0.229 e. The summed E-state index contributed by atoms with van der Waals surface area (Å²) in [5.74, 6) is -0.850. The lowest BCUT2D eigenvalue weighted by atomic mass is 9.60. The number of hydrogen-bond donors (Lipinski definition) is 7. The van der Waals surface area contributed by atoms with Crippen molar-refractivity contribution >= 4 is 33.2 Å². The van der Waals surface area contributed by atoms with E-state index in [2.05, 4.69) is 10.6 Å². The molecule has 1 saturated heterocycles. The van der Waals surface area contributed by atoms with Crippen molar-refractivity contribution in [1.29, 1.82) is 0 Å². The van der Waals surface area contributed by atoms with Crippen LogP contribution in [0.3, 0.4) is 0 Å². The Labute approximate surface area is 256 Å². The van der Waals surface area contributed by atoms with Gasteiger partial charge in [-0.1, -0.05) is 51.4 Å². The maximum absolute atomic E-state index is 14.5. The van der Waals surface area contributed by atoms with E-state index in [4.69, 9.17) is 9.47 Å². The fourth-order valence-electron chi connectivity index (χ4n) is 6.42. The predicted octanol–water partition coefficient (Wildman–Crippen LogP) is 1.71. The molecule has 7 atom stereocenters. The summed E-state index contributed by atoms with van der Waals surface area (Å²) in [6, 6.07) is 4.51. The average Bonchev–Trinajstić information content (AvgIpc) is 2.99. The molecule has 6 bridgehead atoms. The van der Waals surface area contributed by atoms with Crippen LogP contribution in [0, 0.1) is 11.3 Å². The van der Waals surface area contributed by atoms with E-state index in [9.17, 15) is 35.1 Å². The highest BCUT2D eigenvalue weighted by atomic mass is 33.1. The molecule has 43 heavy (non-hydrogen) atoms. The quantitative estimate of drug-likeness (QED) is 0.223. The summed E-state index contributed by atoms with van der Waals surface area (Å²) in [4.78, 5) is 28.5. The van der Waals surface area contributed by atoms with Gasteiger partial charge < -0.3 is 45.6 Å². The Morgan fingerprint density at radius 2 is 1.93 bits per heavy atom. The molecule has 1 aromatic rings. The molecule has 0 saturated carbocycles. The molecule has 11 nitrogen and oxygen atoms in total. The summed E-state index contributed by atoms with van der Waals surface area (Å²) in [7, 11) is 2.79. The number of Topliss-reactive ketones (excluding diaryl/α,β-unsaturated/α-hetero) is 2. The number of aliphatic hydroxyl groups is 5. The summed E-state index contributed by atoms with van der Waals surface area (Å²) >= 11 is 0. The Balaban J connectivity index is 1.46. The van der Waals surface area contributed by atoms with Crippen LogP contribution in [0.15, 0.2) is 65.2 Å². The minimum Gasteiger partial charge on any atom is -0.511 e. The van der Waals surface area contributed by atoms with Crippen molar-refractivity contribution in [2.24, 2.45) is 11.3 Å². The minimum atomic E-state index is -2.14. The van der Waals surface area contributed by atoms with Crippen molar-refractivity contribution in [3.8, 4) is 5.75 Å². The lowest BCUT2D eigenvalue weighted by Crippen LogP contribution is -2.68. The van der Waals surface area contributed by atoms with Gasteiger partial charge in [-0.05, 0) is 43.6 Å². The standard InChI is InChI=1S/C30H34N2O9S2/c1-15-9-18-24(35)17-3-2-4-19-23(17)26(37)29(18,21(34)10-15)13-42-43-14-32-22-11-16(6-8-31-22)5-7-30(39)25(36)20(12-33)41-28(40-19)27(30)38/h2-4,6,9-11,18,20,25,27-28,31-34,36,38-39H,5,7-8,12-14H2,1H3. The molecule has 3 aliphatic heterocycles. The molecular formula is C30H34N2O9S2. The molecule has 7 N–H and O–H groups in total. The van der Waals surface area contributed by atoms with E-state index in [0.29, 0.717) is 24.4 Å². The van der Waals surface area contributed by atoms with E-state index >= 15 is 0 Å². The van der Waals surface area contributed by atoms with Crippen LogP contribution in [-0.4, -0.2) is 92.1 Å². The monoisotopic (exact) mass is 630 g/mol. The maximum atomic E-state index is 14.5. The summed E-state index contributed by atoms with van der Waals surface area (Å²) in [6.45, 7) is 1.60. The Morgan fingerprint density at radius 3 is 2.72 bits per heavy atom. The average molecular weight is 631 g/mol. The molecular weight excluding hydrogens is 596 g/mol. The number of allylic oxidation sites excluding steroid dienone is 6. The Bertz CT molecular complexity index is 1460. The Morgan fingerprint density at radius 1 is 1.12 bits per heavy atom. The highest BCUT2D eigenvalue weighted by molar-refractivity contribution is 8.76.